The van der Waals surface area contributed by atoms with Crippen molar-refractivity contribution in [3.8, 4) is 0 Å². The highest BCUT2D eigenvalue weighted by Crippen LogP contribution is 2.37. The molecule has 1 saturated carbocycles. The molecule has 0 spiro atoms. The molecule has 0 bridgehead atoms. The number of hydrogen-bond acceptors (Lipinski definition) is 3. The number of carbonyl (C=O) groups is 1. The lowest BCUT2D eigenvalue weighted by molar-refractivity contribution is -0.144. The Morgan fingerprint density at radius 1 is 1.55 bits per heavy atom. The van der Waals surface area contributed by atoms with E-state index in [2.05, 4.69) is 31.2 Å². The lowest BCUT2D eigenvalue weighted by Gasteiger charge is -2.26. The van der Waals surface area contributed by atoms with Crippen LogP contribution in [0.1, 0.15) is 36.8 Å². The minimum Gasteiger partial charge on any atom is -0.480 e. The van der Waals surface area contributed by atoms with Crippen molar-refractivity contribution in [2.75, 3.05) is 5.75 Å². The standard InChI is InChI=1S/C16H23NO2S/c1-12-4-2-5-13(10-12)11-20-9-7-14-6-3-8-16(14,17)15(18)19/h2,4-5,10,14H,3,6-9,11,17H2,1H3,(H,18,19). The first-order valence-corrected chi connectivity index (χ1v) is 8.33. The third-order valence-electron chi connectivity index (χ3n) is 4.23. The van der Waals surface area contributed by atoms with Crippen LogP contribution in [0.4, 0.5) is 0 Å². The van der Waals surface area contributed by atoms with Crippen LogP contribution in [0.3, 0.4) is 0 Å². The Kier molecular flexibility index (Phi) is 5.11. The Balaban J connectivity index is 1.77. The maximum Gasteiger partial charge on any atom is 0.323 e. The lowest BCUT2D eigenvalue weighted by Crippen LogP contribution is -2.51. The molecule has 110 valence electrons. The van der Waals surface area contributed by atoms with Gasteiger partial charge in [0, 0.05) is 5.75 Å². The van der Waals surface area contributed by atoms with Crippen LogP contribution in [-0.2, 0) is 10.5 Å². The molecule has 0 aliphatic heterocycles. The summed E-state index contributed by atoms with van der Waals surface area (Å²) in [5.74, 6) is 1.26. The minimum atomic E-state index is -0.982. The predicted octanol–water partition coefficient (Wildman–Crippen LogP) is 3.20. The van der Waals surface area contributed by atoms with Gasteiger partial charge in [-0.15, -0.1) is 0 Å². The SMILES string of the molecule is Cc1cccc(CSCCC2CCCC2(N)C(=O)O)c1. The van der Waals surface area contributed by atoms with E-state index in [4.69, 9.17) is 5.73 Å². The van der Waals surface area contributed by atoms with Crippen LogP contribution in [0.25, 0.3) is 0 Å². The first-order chi connectivity index (χ1) is 9.52. The van der Waals surface area contributed by atoms with Crippen LogP contribution in [0.15, 0.2) is 24.3 Å². The maximum atomic E-state index is 11.3. The number of carboxylic acids is 1. The van der Waals surface area contributed by atoms with Crippen molar-refractivity contribution in [2.24, 2.45) is 11.7 Å². The van der Waals surface area contributed by atoms with Gasteiger partial charge in [-0.25, -0.2) is 0 Å². The molecule has 2 atom stereocenters. The van der Waals surface area contributed by atoms with Crippen LogP contribution in [0.2, 0.25) is 0 Å². The quantitative estimate of drug-likeness (QED) is 0.791. The van der Waals surface area contributed by atoms with Gasteiger partial charge in [0.1, 0.15) is 5.54 Å². The molecular weight excluding hydrogens is 270 g/mol. The smallest absolute Gasteiger partial charge is 0.323 e. The van der Waals surface area contributed by atoms with Gasteiger partial charge < -0.3 is 10.8 Å². The zero-order chi connectivity index (χ0) is 14.6. The molecule has 0 radical (unpaired) electrons. The highest BCUT2D eigenvalue weighted by molar-refractivity contribution is 7.98. The van der Waals surface area contributed by atoms with Gasteiger partial charge in [-0.05, 0) is 43.4 Å². The number of nitrogens with two attached hydrogens (primary N) is 1. The number of carboxylic acid groups (broad SMARTS) is 1. The van der Waals surface area contributed by atoms with E-state index in [-0.39, 0.29) is 5.92 Å². The number of aliphatic carboxylic acids is 1. The van der Waals surface area contributed by atoms with E-state index in [1.54, 1.807) is 0 Å². The largest absolute Gasteiger partial charge is 0.480 e. The fourth-order valence-corrected chi connectivity index (χ4v) is 4.01. The molecule has 1 aromatic rings. The van der Waals surface area contributed by atoms with Gasteiger partial charge in [-0.3, -0.25) is 4.79 Å². The second-order valence-electron chi connectivity index (χ2n) is 5.76. The molecule has 3 nitrogen and oxygen atoms in total. The second-order valence-corrected chi connectivity index (χ2v) is 6.87. The molecule has 0 heterocycles. The van der Waals surface area contributed by atoms with Gasteiger partial charge in [0.05, 0.1) is 0 Å². The van der Waals surface area contributed by atoms with Crippen LogP contribution >= 0.6 is 11.8 Å². The molecule has 1 aliphatic carbocycles. The average Bonchev–Trinajstić information content (AvgIpc) is 2.78. The van der Waals surface area contributed by atoms with E-state index in [1.165, 1.54) is 11.1 Å². The van der Waals surface area contributed by atoms with Crippen molar-refractivity contribution < 1.29 is 9.90 Å². The predicted molar refractivity (Wildman–Crippen MR) is 83.9 cm³/mol. The molecule has 20 heavy (non-hydrogen) atoms. The van der Waals surface area contributed by atoms with E-state index in [0.29, 0.717) is 6.42 Å². The Bertz CT molecular complexity index is 477. The number of aryl methyl sites for hydroxylation is 1. The van der Waals surface area contributed by atoms with Crippen LogP contribution in [0, 0.1) is 12.8 Å². The first kappa shape index (κ1) is 15.4. The van der Waals surface area contributed by atoms with Crippen LogP contribution in [-0.4, -0.2) is 22.4 Å². The van der Waals surface area contributed by atoms with E-state index in [9.17, 15) is 9.90 Å². The molecular formula is C16H23NO2S. The number of hydrogen-bond donors (Lipinski definition) is 2. The van der Waals surface area contributed by atoms with E-state index >= 15 is 0 Å². The Hall–Kier alpha value is -1.00. The summed E-state index contributed by atoms with van der Waals surface area (Å²) >= 11 is 1.87. The monoisotopic (exact) mass is 293 g/mol. The summed E-state index contributed by atoms with van der Waals surface area (Å²) in [6.07, 6.45) is 3.42. The lowest BCUT2D eigenvalue weighted by atomic mass is 9.86. The van der Waals surface area contributed by atoms with Gasteiger partial charge in [0.25, 0.3) is 0 Å². The zero-order valence-corrected chi connectivity index (χ0v) is 12.8. The van der Waals surface area contributed by atoms with Crippen molar-refractivity contribution >= 4 is 17.7 Å². The molecule has 0 saturated heterocycles. The van der Waals surface area contributed by atoms with Crippen LogP contribution in [0.5, 0.6) is 0 Å². The molecule has 0 aromatic heterocycles. The third-order valence-corrected chi connectivity index (χ3v) is 5.29. The Morgan fingerprint density at radius 3 is 3.05 bits per heavy atom. The molecule has 3 N–H and O–H groups in total. The summed E-state index contributed by atoms with van der Waals surface area (Å²) in [5, 5.41) is 9.28. The number of benzene rings is 1. The van der Waals surface area contributed by atoms with Gasteiger partial charge in [-0.2, -0.15) is 11.8 Å². The van der Waals surface area contributed by atoms with E-state index in [0.717, 1.165) is 30.8 Å². The zero-order valence-electron chi connectivity index (χ0n) is 12.0. The summed E-state index contributed by atoms with van der Waals surface area (Å²) in [7, 11) is 0. The molecule has 4 heteroatoms. The van der Waals surface area contributed by atoms with Crippen molar-refractivity contribution in [3.63, 3.8) is 0 Å². The number of rotatable bonds is 6. The molecule has 1 aliphatic rings. The Morgan fingerprint density at radius 2 is 2.35 bits per heavy atom. The van der Waals surface area contributed by atoms with Gasteiger partial charge in [0.15, 0.2) is 0 Å². The van der Waals surface area contributed by atoms with Crippen molar-refractivity contribution in [2.45, 2.75) is 43.9 Å². The molecule has 2 unspecified atom stereocenters. The minimum absolute atomic E-state index is 0.130. The highest BCUT2D eigenvalue weighted by atomic mass is 32.2. The topological polar surface area (TPSA) is 63.3 Å². The molecule has 0 amide bonds. The molecule has 2 rings (SSSR count). The number of thioether (sulfide) groups is 1. The maximum absolute atomic E-state index is 11.3. The normalized spacial score (nSPS) is 25.8. The summed E-state index contributed by atoms with van der Waals surface area (Å²) in [6.45, 7) is 2.10. The fourth-order valence-electron chi connectivity index (χ4n) is 3.00. The van der Waals surface area contributed by atoms with Gasteiger partial charge in [0.2, 0.25) is 0 Å². The summed E-state index contributed by atoms with van der Waals surface area (Å²) in [4.78, 5) is 11.3. The molecule has 1 fully saturated rings. The van der Waals surface area contributed by atoms with Crippen molar-refractivity contribution in [3.05, 3.63) is 35.4 Å². The van der Waals surface area contributed by atoms with E-state index in [1.807, 2.05) is 11.8 Å². The summed E-state index contributed by atoms with van der Waals surface area (Å²) < 4.78 is 0. The second kappa shape index (κ2) is 6.64. The highest BCUT2D eigenvalue weighted by Gasteiger charge is 2.45. The molecule has 1 aromatic carbocycles. The van der Waals surface area contributed by atoms with Crippen LogP contribution < -0.4 is 5.73 Å². The van der Waals surface area contributed by atoms with Gasteiger partial charge in [-0.1, -0.05) is 36.2 Å². The van der Waals surface area contributed by atoms with E-state index < -0.39 is 11.5 Å². The van der Waals surface area contributed by atoms with Crippen molar-refractivity contribution in [1.82, 2.24) is 0 Å². The fraction of sp³-hybridized carbons (Fsp3) is 0.562. The summed E-state index contributed by atoms with van der Waals surface area (Å²) in [6, 6.07) is 8.52. The average molecular weight is 293 g/mol. The Labute approximate surface area is 124 Å². The van der Waals surface area contributed by atoms with Gasteiger partial charge >= 0.3 is 5.97 Å². The van der Waals surface area contributed by atoms with Crippen molar-refractivity contribution in [1.29, 1.82) is 0 Å². The first-order valence-electron chi connectivity index (χ1n) is 7.18. The summed E-state index contributed by atoms with van der Waals surface area (Å²) in [5.41, 5.74) is 7.68. The third kappa shape index (κ3) is 3.55.